The van der Waals surface area contributed by atoms with Gasteiger partial charge in [-0.1, -0.05) is 19.1 Å². The zero-order chi connectivity index (χ0) is 12.8. The molecule has 0 saturated heterocycles. The summed E-state index contributed by atoms with van der Waals surface area (Å²) >= 11 is 0. The van der Waals surface area contributed by atoms with Crippen molar-refractivity contribution >= 4 is 5.69 Å². The number of benzene rings is 1. The smallest absolute Gasteiger partial charge is 0.0787 e. The molecule has 0 bridgehead atoms. The van der Waals surface area contributed by atoms with Crippen molar-refractivity contribution in [2.75, 3.05) is 18.1 Å². The first-order valence-corrected chi connectivity index (χ1v) is 6.25. The summed E-state index contributed by atoms with van der Waals surface area (Å²) in [6, 6.07) is 8.27. The van der Waals surface area contributed by atoms with E-state index in [1.54, 1.807) is 0 Å². The summed E-state index contributed by atoms with van der Waals surface area (Å²) < 4.78 is 0. The minimum Gasteiger partial charge on any atom is -0.395 e. The van der Waals surface area contributed by atoms with Gasteiger partial charge < -0.3 is 15.1 Å². The van der Waals surface area contributed by atoms with Crippen molar-refractivity contribution in [3.8, 4) is 0 Å². The summed E-state index contributed by atoms with van der Waals surface area (Å²) in [6.45, 7) is 6.95. The number of rotatable bonds is 6. The van der Waals surface area contributed by atoms with Crippen LogP contribution in [0.4, 0.5) is 5.69 Å². The van der Waals surface area contributed by atoms with Crippen LogP contribution in [0.3, 0.4) is 0 Å². The SMILES string of the molecule is CC[C@@H](O)c1ccc(N(CCO)C(C)C)cc1. The minimum absolute atomic E-state index is 0.150. The number of aliphatic hydroxyl groups excluding tert-OH is 2. The van der Waals surface area contributed by atoms with Crippen LogP contribution in [0.15, 0.2) is 24.3 Å². The van der Waals surface area contributed by atoms with E-state index in [-0.39, 0.29) is 12.7 Å². The van der Waals surface area contributed by atoms with E-state index in [4.69, 9.17) is 5.11 Å². The van der Waals surface area contributed by atoms with Gasteiger partial charge in [0.1, 0.15) is 0 Å². The third-order valence-corrected chi connectivity index (χ3v) is 2.96. The Hall–Kier alpha value is -1.06. The van der Waals surface area contributed by atoms with Crippen LogP contribution >= 0.6 is 0 Å². The first-order chi connectivity index (χ1) is 8.10. The van der Waals surface area contributed by atoms with Gasteiger partial charge in [0, 0.05) is 18.3 Å². The molecule has 0 radical (unpaired) electrons. The summed E-state index contributed by atoms with van der Waals surface area (Å²) in [5.74, 6) is 0. The Morgan fingerprint density at radius 1 is 1.18 bits per heavy atom. The van der Waals surface area contributed by atoms with Gasteiger partial charge in [0.2, 0.25) is 0 Å². The lowest BCUT2D eigenvalue weighted by Crippen LogP contribution is -2.33. The molecular formula is C14H23NO2. The van der Waals surface area contributed by atoms with Crippen LogP contribution in [0.25, 0.3) is 0 Å². The van der Waals surface area contributed by atoms with Gasteiger partial charge in [-0.15, -0.1) is 0 Å². The maximum absolute atomic E-state index is 9.72. The van der Waals surface area contributed by atoms with Gasteiger partial charge in [-0.25, -0.2) is 0 Å². The Labute approximate surface area is 104 Å². The lowest BCUT2D eigenvalue weighted by molar-refractivity contribution is 0.173. The van der Waals surface area contributed by atoms with Gasteiger partial charge in [-0.05, 0) is 38.0 Å². The molecule has 1 rings (SSSR count). The first-order valence-electron chi connectivity index (χ1n) is 6.25. The quantitative estimate of drug-likeness (QED) is 0.798. The van der Waals surface area contributed by atoms with E-state index in [0.29, 0.717) is 12.6 Å². The summed E-state index contributed by atoms with van der Waals surface area (Å²) in [5.41, 5.74) is 2.03. The molecule has 0 aliphatic rings. The molecule has 3 heteroatoms. The monoisotopic (exact) mass is 237 g/mol. The Morgan fingerprint density at radius 2 is 1.76 bits per heavy atom. The second-order valence-electron chi connectivity index (χ2n) is 4.53. The average Bonchev–Trinajstić information content (AvgIpc) is 2.35. The molecule has 0 spiro atoms. The van der Waals surface area contributed by atoms with E-state index in [1.807, 2.05) is 31.2 Å². The number of hydrogen-bond donors (Lipinski definition) is 2. The first kappa shape index (κ1) is 14.0. The molecule has 0 heterocycles. The highest BCUT2D eigenvalue weighted by Gasteiger charge is 2.10. The van der Waals surface area contributed by atoms with Crippen molar-refractivity contribution in [2.24, 2.45) is 0 Å². The summed E-state index contributed by atoms with van der Waals surface area (Å²) in [6.07, 6.45) is 0.346. The number of hydrogen-bond acceptors (Lipinski definition) is 3. The molecule has 0 unspecified atom stereocenters. The number of nitrogens with zero attached hydrogens (tertiary/aromatic N) is 1. The second kappa shape index (κ2) is 6.62. The van der Waals surface area contributed by atoms with Crippen molar-refractivity contribution in [1.29, 1.82) is 0 Å². The van der Waals surface area contributed by atoms with E-state index >= 15 is 0 Å². The fraction of sp³-hybridized carbons (Fsp3) is 0.571. The molecule has 0 aromatic heterocycles. The summed E-state index contributed by atoms with van der Waals surface area (Å²) in [7, 11) is 0. The van der Waals surface area contributed by atoms with Crippen LogP contribution in [-0.2, 0) is 0 Å². The lowest BCUT2D eigenvalue weighted by atomic mass is 10.1. The van der Waals surface area contributed by atoms with E-state index in [2.05, 4.69) is 18.7 Å². The lowest BCUT2D eigenvalue weighted by Gasteiger charge is -2.28. The van der Waals surface area contributed by atoms with Crippen LogP contribution in [0, 0.1) is 0 Å². The van der Waals surface area contributed by atoms with Gasteiger partial charge in [0.05, 0.1) is 12.7 Å². The van der Waals surface area contributed by atoms with Gasteiger partial charge in [-0.3, -0.25) is 0 Å². The molecule has 0 aliphatic carbocycles. The molecule has 0 amide bonds. The summed E-state index contributed by atoms with van der Waals surface area (Å²) in [5, 5.41) is 18.8. The highest BCUT2D eigenvalue weighted by Crippen LogP contribution is 2.22. The highest BCUT2D eigenvalue weighted by atomic mass is 16.3. The predicted molar refractivity (Wildman–Crippen MR) is 71.3 cm³/mol. The average molecular weight is 237 g/mol. The van der Waals surface area contributed by atoms with Crippen molar-refractivity contribution in [2.45, 2.75) is 39.3 Å². The molecular weight excluding hydrogens is 214 g/mol. The molecule has 1 atom stereocenters. The maximum Gasteiger partial charge on any atom is 0.0787 e. The Balaban J connectivity index is 2.84. The molecule has 1 aromatic carbocycles. The fourth-order valence-electron chi connectivity index (χ4n) is 1.92. The molecule has 0 saturated carbocycles. The van der Waals surface area contributed by atoms with Gasteiger partial charge in [-0.2, -0.15) is 0 Å². The van der Waals surface area contributed by atoms with Gasteiger partial charge in [0.25, 0.3) is 0 Å². The topological polar surface area (TPSA) is 43.7 Å². The third kappa shape index (κ3) is 3.72. The van der Waals surface area contributed by atoms with Crippen LogP contribution in [0.5, 0.6) is 0 Å². The standard InChI is InChI=1S/C14H23NO2/c1-4-14(17)12-5-7-13(8-6-12)15(9-10-16)11(2)3/h5-8,11,14,16-17H,4,9-10H2,1-3H3/t14-/m1/s1. The molecule has 0 fully saturated rings. The van der Waals surface area contributed by atoms with E-state index in [0.717, 1.165) is 17.7 Å². The highest BCUT2D eigenvalue weighted by molar-refractivity contribution is 5.48. The van der Waals surface area contributed by atoms with Gasteiger partial charge in [0.15, 0.2) is 0 Å². The van der Waals surface area contributed by atoms with Gasteiger partial charge >= 0.3 is 0 Å². The van der Waals surface area contributed by atoms with Crippen LogP contribution < -0.4 is 4.90 Å². The Kier molecular flexibility index (Phi) is 5.45. The third-order valence-electron chi connectivity index (χ3n) is 2.96. The van der Waals surface area contributed by atoms with Crippen molar-refractivity contribution in [1.82, 2.24) is 0 Å². The Bertz CT molecular complexity index is 321. The van der Waals surface area contributed by atoms with Crippen molar-refractivity contribution in [3.05, 3.63) is 29.8 Å². The molecule has 2 N–H and O–H groups in total. The normalized spacial score (nSPS) is 12.8. The maximum atomic E-state index is 9.72. The van der Waals surface area contributed by atoms with E-state index in [1.165, 1.54) is 0 Å². The molecule has 3 nitrogen and oxygen atoms in total. The predicted octanol–water partition coefficient (Wildman–Crippen LogP) is 2.34. The zero-order valence-corrected chi connectivity index (χ0v) is 10.9. The van der Waals surface area contributed by atoms with Crippen LogP contribution in [0.2, 0.25) is 0 Å². The number of aliphatic hydroxyl groups is 2. The van der Waals surface area contributed by atoms with Crippen LogP contribution in [0.1, 0.15) is 38.9 Å². The molecule has 1 aromatic rings. The molecule has 17 heavy (non-hydrogen) atoms. The van der Waals surface area contributed by atoms with Crippen molar-refractivity contribution < 1.29 is 10.2 Å². The van der Waals surface area contributed by atoms with E-state index in [9.17, 15) is 5.11 Å². The fourth-order valence-corrected chi connectivity index (χ4v) is 1.92. The minimum atomic E-state index is -0.380. The number of anilines is 1. The molecule has 0 aliphatic heterocycles. The van der Waals surface area contributed by atoms with Crippen LogP contribution in [-0.4, -0.2) is 29.4 Å². The van der Waals surface area contributed by atoms with Crippen molar-refractivity contribution in [3.63, 3.8) is 0 Å². The second-order valence-corrected chi connectivity index (χ2v) is 4.53. The Morgan fingerprint density at radius 3 is 2.18 bits per heavy atom. The zero-order valence-electron chi connectivity index (χ0n) is 10.9. The summed E-state index contributed by atoms with van der Waals surface area (Å²) in [4.78, 5) is 2.14. The molecule has 96 valence electrons. The largest absolute Gasteiger partial charge is 0.395 e. The van der Waals surface area contributed by atoms with E-state index < -0.39 is 0 Å².